The van der Waals surface area contributed by atoms with Gasteiger partial charge in [-0.2, -0.15) is 0 Å². The van der Waals surface area contributed by atoms with Crippen LogP contribution in [0.5, 0.6) is 0 Å². The van der Waals surface area contributed by atoms with Gasteiger partial charge in [0, 0.05) is 10.5 Å². The lowest BCUT2D eigenvalue weighted by atomic mass is 10.0. The summed E-state index contributed by atoms with van der Waals surface area (Å²) in [5, 5.41) is 3.45. The summed E-state index contributed by atoms with van der Waals surface area (Å²) in [5.74, 6) is -0.184. The van der Waals surface area contributed by atoms with E-state index in [4.69, 9.17) is 0 Å². The van der Waals surface area contributed by atoms with Crippen molar-refractivity contribution >= 4 is 15.9 Å². The second-order valence-corrected chi connectivity index (χ2v) is 4.97. The Kier molecular flexibility index (Phi) is 6.45. The van der Waals surface area contributed by atoms with Crippen LogP contribution in [0, 0.1) is 5.82 Å². The molecule has 0 aliphatic rings. The second kappa shape index (κ2) is 7.62. The third-order valence-electron chi connectivity index (χ3n) is 2.61. The lowest BCUT2D eigenvalue weighted by Gasteiger charge is -2.17. The van der Waals surface area contributed by atoms with Gasteiger partial charge in [-0.3, -0.25) is 0 Å². The first-order valence-electron chi connectivity index (χ1n) is 5.95. The minimum absolute atomic E-state index is 0.184. The third kappa shape index (κ3) is 5.00. The molecule has 0 amide bonds. The molecule has 94 valence electrons. The minimum Gasteiger partial charge on any atom is -0.313 e. The number of rotatable bonds is 7. The molecule has 1 nitrogen and oxygen atoms in total. The maximum absolute atomic E-state index is 13.2. The van der Waals surface area contributed by atoms with Crippen molar-refractivity contribution in [1.82, 2.24) is 5.32 Å². The molecule has 1 rings (SSSR count). The summed E-state index contributed by atoms with van der Waals surface area (Å²) < 4.78 is 14.1. The van der Waals surface area contributed by atoms with Gasteiger partial charge in [0.15, 0.2) is 0 Å². The fraction of sp³-hybridized carbons (Fsp3) is 0.429. The largest absolute Gasteiger partial charge is 0.313 e. The standard InChI is InChI=1S/C14H19BrFN/c1-3-5-13(17-8-4-2)10-11-9-12(16)6-7-14(11)15/h3,6-7,9,13,17H,1,4-5,8,10H2,2H3. The first kappa shape index (κ1) is 14.4. The zero-order chi connectivity index (χ0) is 12.7. The summed E-state index contributed by atoms with van der Waals surface area (Å²) in [6, 6.07) is 5.14. The Morgan fingerprint density at radius 2 is 2.29 bits per heavy atom. The van der Waals surface area contributed by atoms with E-state index in [1.807, 2.05) is 6.08 Å². The van der Waals surface area contributed by atoms with Crippen molar-refractivity contribution in [2.75, 3.05) is 6.54 Å². The summed E-state index contributed by atoms with van der Waals surface area (Å²) in [6.45, 7) is 6.88. The predicted molar refractivity (Wildman–Crippen MR) is 74.7 cm³/mol. The molecule has 17 heavy (non-hydrogen) atoms. The van der Waals surface area contributed by atoms with Crippen LogP contribution >= 0.6 is 15.9 Å². The molecule has 0 spiro atoms. The van der Waals surface area contributed by atoms with Crippen molar-refractivity contribution in [1.29, 1.82) is 0 Å². The summed E-state index contributed by atoms with van der Waals surface area (Å²) in [4.78, 5) is 0. The fourth-order valence-electron chi connectivity index (χ4n) is 1.75. The van der Waals surface area contributed by atoms with Gasteiger partial charge in [-0.25, -0.2) is 4.39 Å². The van der Waals surface area contributed by atoms with Gasteiger partial charge in [0.2, 0.25) is 0 Å². The van der Waals surface area contributed by atoms with Gasteiger partial charge >= 0.3 is 0 Å². The molecule has 1 aromatic carbocycles. The van der Waals surface area contributed by atoms with Crippen molar-refractivity contribution in [3.63, 3.8) is 0 Å². The maximum Gasteiger partial charge on any atom is 0.123 e. The zero-order valence-electron chi connectivity index (χ0n) is 10.2. The van der Waals surface area contributed by atoms with E-state index in [1.165, 1.54) is 6.07 Å². The van der Waals surface area contributed by atoms with Crippen molar-refractivity contribution < 1.29 is 4.39 Å². The van der Waals surface area contributed by atoms with Crippen LogP contribution in [0.4, 0.5) is 4.39 Å². The van der Waals surface area contributed by atoms with E-state index < -0.39 is 0 Å². The Morgan fingerprint density at radius 3 is 2.94 bits per heavy atom. The van der Waals surface area contributed by atoms with E-state index >= 15 is 0 Å². The third-order valence-corrected chi connectivity index (χ3v) is 3.38. The highest BCUT2D eigenvalue weighted by Gasteiger charge is 2.10. The van der Waals surface area contributed by atoms with Gasteiger partial charge < -0.3 is 5.32 Å². The molecule has 3 heteroatoms. The smallest absolute Gasteiger partial charge is 0.123 e. The van der Waals surface area contributed by atoms with Crippen molar-refractivity contribution in [3.8, 4) is 0 Å². The van der Waals surface area contributed by atoms with Crippen LogP contribution in [-0.4, -0.2) is 12.6 Å². The molecule has 0 saturated carbocycles. The number of halogens is 2. The maximum atomic E-state index is 13.2. The van der Waals surface area contributed by atoms with Crippen LogP contribution in [0.2, 0.25) is 0 Å². The van der Waals surface area contributed by atoms with E-state index in [0.717, 1.165) is 35.8 Å². The predicted octanol–water partition coefficient (Wildman–Crippen LogP) is 4.08. The van der Waals surface area contributed by atoms with E-state index in [1.54, 1.807) is 12.1 Å². The molecule has 0 aliphatic heterocycles. The van der Waals surface area contributed by atoms with Crippen LogP contribution < -0.4 is 5.32 Å². The normalized spacial score (nSPS) is 12.4. The quantitative estimate of drug-likeness (QED) is 0.748. The van der Waals surface area contributed by atoms with Gasteiger partial charge in [0.25, 0.3) is 0 Å². The molecule has 0 aromatic heterocycles. The van der Waals surface area contributed by atoms with Crippen LogP contribution in [0.1, 0.15) is 25.3 Å². The second-order valence-electron chi connectivity index (χ2n) is 4.12. The van der Waals surface area contributed by atoms with Crippen molar-refractivity contribution in [2.24, 2.45) is 0 Å². The monoisotopic (exact) mass is 299 g/mol. The number of benzene rings is 1. The Balaban J connectivity index is 2.70. The molecular formula is C14H19BrFN. The highest BCUT2D eigenvalue weighted by molar-refractivity contribution is 9.10. The Hall–Kier alpha value is -0.670. The molecule has 1 atom stereocenters. The van der Waals surface area contributed by atoms with Crippen LogP contribution in [0.3, 0.4) is 0 Å². The zero-order valence-corrected chi connectivity index (χ0v) is 11.8. The molecule has 0 saturated heterocycles. The van der Waals surface area contributed by atoms with E-state index in [0.29, 0.717) is 6.04 Å². The number of hydrogen-bond donors (Lipinski definition) is 1. The molecule has 0 fully saturated rings. The van der Waals surface area contributed by atoms with Gasteiger partial charge in [-0.15, -0.1) is 6.58 Å². The Morgan fingerprint density at radius 1 is 1.53 bits per heavy atom. The molecule has 0 heterocycles. The molecule has 1 N–H and O–H groups in total. The van der Waals surface area contributed by atoms with Crippen molar-refractivity contribution in [3.05, 3.63) is 46.7 Å². The highest BCUT2D eigenvalue weighted by atomic mass is 79.9. The van der Waals surface area contributed by atoms with Crippen molar-refractivity contribution in [2.45, 2.75) is 32.2 Å². The van der Waals surface area contributed by atoms with E-state index in [9.17, 15) is 4.39 Å². The van der Waals surface area contributed by atoms with Gasteiger partial charge in [-0.05, 0) is 49.6 Å². The number of hydrogen-bond acceptors (Lipinski definition) is 1. The summed E-state index contributed by atoms with van der Waals surface area (Å²) in [5.41, 5.74) is 1.00. The van der Waals surface area contributed by atoms with Crippen LogP contribution in [-0.2, 0) is 6.42 Å². The molecule has 0 aliphatic carbocycles. The molecular weight excluding hydrogens is 281 g/mol. The molecule has 0 radical (unpaired) electrons. The van der Waals surface area contributed by atoms with E-state index in [-0.39, 0.29) is 5.82 Å². The average molecular weight is 300 g/mol. The molecule has 0 bridgehead atoms. The first-order chi connectivity index (χ1) is 8.17. The van der Waals surface area contributed by atoms with Gasteiger partial charge in [0.05, 0.1) is 0 Å². The minimum atomic E-state index is -0.184. The topological polar surface area (TPSA) is 12.0 Å². The summed E-state index contributed by atoms with van der Waals surface area (Å²) in [6.07, 6.45) is 4.70. The SMILES string of the molecule is C=CCC(Cc1cc(F)ccc1Br)NCCC. The fourth-order valence-corrected chi connectivity index (χ4v) is 2.16. The van der Waals surface area contributed by atoms with Gasteiger partial charge in [-0.1, -0.05) is 28.9 Å². The molecule has 1 aromatic rings. The molecule has 1 unspecified atom stereocenters. The first-order valence-corrected chi connectivity index (χ1v) is 6.74. The lowest BCUT2D eigenvalue weighted by Crippen LogP contribution is -2.31. The Labute approximate surface area is 111 Å². The Bertz CT molecular complexity index is 365. The van der Waals surface area contributed by atoms with Gasteiger partial charge in [0.1, 0.15) is 5.82 Å². The average Bonchev–Trinajstić information content (AvgIpc) is 2.31. The number of nitrogens with one attached hydrogen (secondary N) is 1. The summed E-state index contributed by atoms with van der Waals surface area (Å²) in [7, 11) is 0. The highest BCUT2D eigenvalue weighted by Crippen LogP contribution is 2.20. The summed E-state index contributed by atoms with van der Waals surface area (Å²) >= 11 is 3.46. The van der Waals surface area contributed by atoms with E-state index in [2.05, 4.69) is 34.7 Å². The van der Waals surface area contributed by atoms with Crippen LogP contribution in [0.25, 0.3) is 0 Å². The lowest BCUT2D eigenvalue weighted by molar-refractivity contribution is 0.509. The van der Waals surface area contributed by atoms with Crippen LogP contribution in [0.15, 0.2) is 35.3 Å².